The largest absolute Gasteiger partial charge is 1.00 e. The maximum atomic E-state index is 13.0. The summed E-state index contributed by atoms with van der Waals surface area (Å²) in [5, 5.41) is 0. The molecule has 0 aliphatic heterocycles. The minimum atomic E-state index is -0.216. The van der Waals surface area contributed by atoms with Crippen LogP contribution in [0, 0.1) is 5.82 Å². The number of oxazole rings is 1. The molecule has 4 aromatic rings. The minimum Gasteiger partial charge on any atom is -1.00 e. The summed E-state index contributed by atoms with van der Waals surface area (Å²) in [6.07, 6.45) is 4.93. The van der Waals surface area contributed by atoms with Crippen molar-refractivity contribution in [2.24, 2.45) is 0 Å². The molecule has 3 nitrogen and oxygen atoms in total. The average Bonchev–Trinajstić information content (AvgIpc) is 3.07. The van der Waals surface area contributed by atoms with Crippen LogP contribution in [0.2, 0.25) is 0 Å². The van der Waals surface area contributed by atoms with Crippen LogP contribution in [0.3, 0.4) is 0 Å². The van der Waals surface area contributed by atoms with Crippen LogP contribution in [0.4, 0.5) is 4.39 Å². The number of halogens is 2. The van der Waals surface area contributed by atoms with Crippen molar-refractivity contribution in [1.29, 1.82) is 0 Å². The minimum absolute atomic E-state index is 0. The van der Waals surface area contributed by atoms with Crippen LogP contribution in [0.15, 0.2) is 71.4 Å². The fourth-order valence-corrected chi connectivity index (χ4v) is 2.82. The zero-order valence-electron chi connectivity index (χ0n) is 14.3. The Morgan fingerprint density at radius 2 is 1.65 bits per heavy atom. The van der Waals surface area contributed by atoms with E-state index < -0.39 is 0 Å². The lowest BCUT2D eigenvalue weighted by atomic mass is 10.1. The van der Waals surface area contributed by atoms with E-state index in [9.17, 15) is 4.39 Å². The third-order valence-electron chi connectivity index (χ3n) is 4.28. The molecule has 0 aliphatic carbocycles. The smallest absolute Gasteiger partial charge is 0.227 e. The lowest BCUT2D eigenvalue weighted by molar-refractivity contribution is -0.688. The third-order valence-corrected chi connectivity index (χ3v) is 4.28. The average molecular weight is 413 g/mol. The quantitative estimate of drug-likeness (QED) is 0.476. The highest BCUT2D eigenvalue weighted by Crippen LogP contribution is 2.24. The first kappa shape index (κ1) is 18.3. The SMILES string of the molecule is CCc1ccc2oc(-c3cc[n+](Cc4ccc(F)cc4)cc3)nc2c1.[Br-]. The van der Waals surface area contributed by atoms with Crippen molar-refractivity contribution >= 4 is 11.1 Å². The summed E-state index contributed by atoms with van der Waals surface area (Å²) in [5.41, 5.74) is 4.92. The molecule has 2 aromatic heterocycles. The first-order valence-corrected chi connectivity index (χ1v) is 8.34. The van der Waals surface area contributed by atoms with Crippen LogP contribution in [-0.4, -0.2) is 4.98 Å². The Hall–Kier alpha value is -2.53. The van der Waals surface area contributed by atoms with Crippen molar-refractivity contribution in [3.63, 3.8) is 0 Å². The summed E-state index contributed by atoms with van der Waals surface area (Å²) >= 11 is 0. The summed E-state index contributed by atoms with van der Waals surface area (Å²) in [6.45, 7) is 2.81. The predicted octanol–water partition coefficient (Wildman–Crippen LogP) is 1.54. The van der Waals surface area contributed by atoms with E-state index in [4.69, 9.17) is 4.42 Å². The highest BCUT2D eigenvalue weighted by Gasteiger charge is 2.11. The van der Waals surface area contributed by atoms with Gasteiger partial charge in [0.1, 0.15) is 11.3 Å². The summed E-state index contributed by atoms with van der Waals surface area (Å²) in [6, 6.07) is 16.6. The van der Waals surface area contributed by atoms with Crippen molar-refractivity contribution < 1.29 is 30.4 Å². The van der Waals surface area contributed by atoms with Crippen LogP contribution in [0.5, 0.6) is 0 Å². The van der Waals surface area contributed by atoms with Gasteiger partial charge in [0.2, 0.25) is 5.89 Å². The highest BCUT2D eigenvalue weighted by molar-refractivity contribution is 5.76. The van der Waals surface area contributed by atoms with Gasteiger partial charge in [-0.1, -0.05) is 13.0 Å². The third kappa shape index (κ3) is 3.83. The molecule has 4 rings (SSSR count). The van der Waals surface area contributed by atoms with Gasteiger partial charge in [0.05, 0.1) is 0 Å². The molecule has 132 valence electrons. The van der Waals surface area contributed by atoms with E-state index in [1.165, 1.54) is 17.7 Å². The second kappa shape index (κ2) is 7.79. The topological polar surface area (TPSA) is 29.9 Å². The normalized spacial score (nSPS) is 10.7. The predicted molar refractivity (Wildman–Crippen MR) is 94.5 cm³/mol. The maximum Gasteiger partial charge on any atom is 0.227 e. The molecule has 0 saturated carbocycles. The first-order chi connectivity index (χ1) is 12.2. The summed E-state index contributed by atoms with van der Waals surface area (Å²) in [5.74, 6) is 0.406. The van der Waals surface area contributed by atoms with Crippen molar-refractivity contribution in [2.75, 3.05) is 0 Å². The van der Waals surface area contributed by atoms with E-state index in [0.29, 0.717) is 12.4 Å². The summed E-state index contributed by atoms with van der Waals surface area (Å²) in [7, 11) is 0. The Balaban J connectivity index is 0.00000196. The van der Waals surface area contributed by atoms with E-state index in [0.717, 1.165) is 28.6 Å². The highest BCUT2D eigenvalue weighted by atomic mass is 79.9. The van der Waals surface area contributed by atoms with Gasteiger partial charge in [-0.05, 0) is 48.4 Å². The molecule has 0 saturated heterocycles. The Kier molecular flexibility index (Phi) is 5.47. The molecule has 2 heterocycles. The van der Waals surface area contributed by atoms with Crippen LogP contribution >= 0.6 is 0 Å². The lowest BCUT2D eigenvalue weighted by Gasteiger charge is -1.99. The second-order valence-corrected chi connectivity index (χ2v) is 6.06. The Morgan fingerprint density at radius 1 is 0.962 bits per heavy atom. The molecule has 0 N–H and O–H groups in total. The van der Waals surface area contributed by atoms with E-state index in [1.807, 2.05) is 35.2 Å². The van der Waals surface area contributed by atoms with E-state index in [2.05, 4.69) is 24.0 Å². The summed E-state index contributed by atoms with van der Waals surface area (Å²) in [4.78, 5) is 4.60. The van der Waals surface area contributed by atoms with Gasteiger partial charge < -0.3 is 21.4 Å². The molecule has 2 aromatic carbocycles. The molecule has 0 atom stereocenters. The van der Waals surface area contributed by atoms with Gasteiger partial charge in [0.15, 0.2) is 24.5 Å². The van der Waals surface area contributed by atoms with Gasteiger partial charge in [-0.2, -0.15) is 0 Å². The molecule has 26 heavy (non-hydrogen) atoms. The van der Waals surface area contributed by atoms with Crippen molar-refractivity contribution in [1.82, 2.24) is 4.98 Å². The Morgan fingerprint density at radius 3 is 2.35 bits per heavy atom. The van der Waals surface area contributed by atoms with E-state index >= 15 is 0 Å². The summed E-state index contributed by atoms with van der Waals surface area (Å²) < 4.78 is 20.9. The second-order valence-electron chi connectivity index (χ2n) is 6.06. The van der Waals surface area contributed by atoms with Gasteiger partial charge in [-0.25, -0.2) is 13.9 Å². The van der Waals surface area contributed by atoms with Crippen LogP contribution in [0.1, 0.15) is 18.1 Å². The number of fused-ring (bicyclic) bond motifs is 1. The van der Waals surface area contributed by atoms with Gasteiger partial charge in [0.25, 0.3) is 0 Å². The number of rotatable bonds is 4. The van der Waals surface area contributed by atoms with Crippen LogP contribution in [0.25, 0.3) is 22.6 Å². The van der Waals surface area contributed by atoms with Crippen molar-refractivity contribution in [3.05, 3.63) is 83.9 Å². The molecular weight excluding hydrogens is 395 g/mol. The van der Waals surface area contributed by atoms with Gasteiger partial charge in [0, 0.05) is 23.3 Å². The standard InChI is InChI=1S/C21H18FN2O.BrH/c1-2-15-5-8-20-19(13-15)23-21(25-20)17-9-11-24(12-10-17)14-16-3-6-18(22)7-4-16;/h3-13H,2,14H2,1H3;1H/q+1;/p-1. The van der Waals surface area contributed by atoms with Crippen molar-refractivity contribution in [3.8, 4) is 11.5 Å². The molecule has 5 heteroatoms. The molecule has 0 amide bonds. The number of aromatic nitrogens is 2. The number of hydrogen-bond donors (Lipinski definition) is 0. The van der Waals surface area contributed by atoms with Gasteiger partial charge in [-0.3, -0.25) is 0 Å². The number of nitrogens with zero attached hydrogens (tertiary/aromatic N) is 2. The Labute approximate surface area is 161 Å². The molecule has 0 spiro atoms. The van der Waals surface area contributed by atoms with Crippen LogP contribution in [-0.2, 0) is 13.0 Å². The van der Waals surface area contributed by atoms with Crippen LogP contribution < -0.4 is 21.5 Å². The molecule has 0 unspecified atom stereocenters. The van der Waals surface area contributed by atoms with E-state index in [1.54, 1.807) is 12.1 Å². The molecule has 0 radical (unpaired) electrons. The monoisotopic (exact) mass is 412 g/mol. The maximum absolute atomic E-state index is 13.0. The molecular formula is C21H18BrFN2O. The fourth-order valence-electron chi connectivity index (χ4n) is 2.82. The first-order valence-electron chi connectivity index (χ1n) is 8.34. The Bertz CT molecular complexity index is 1010. The zero-order chi connectivity index (χ0) is 17.2. The fraction of sp³-hybridized carbons (Fsp3) is 0.143. The molecule has 0 bridgehead atoms. The number of benzene rings is 2. The zero-order valence-corrected chi connectivity index (χ0v) is 15.9. The molecule has 0 fully saturated rings. The van der Waals surface area contributed by atoms with Crippen molar-refractivity contribution in [2.45, 2.75) is 19.9 Å². The van der Waals surface area contributed by atoms with Gasteiger partial charge in [-0.15, -0.1) is 0 Å². The number of aryl methyl sites for hydroxylation is 1. The number of hydrogen-bond acceptors (Lipinski definition) is 2. The molecule has 0 aliphatic rings. The number of pyridine rings is 1. The lowest BCUT2D eigenvalue weighted by Crippen LogP contribution is -3.00. The van der Waals surface area contributed by atoms with Gasteiger partial charge >= 0.3 is 0 Å². The van der Waals surface area contributed by atoms with E-state index in [-0.39, 0.29) is 22.8 Å².